The summed E-state index contributed by atoms with van der Waals surface area (Å²) in [5, 5.41) is 26.8. The number of nitrogens with zero attached hydrogens (tertiary/aromatic N) is 5. The summed E-state index contributed by atoms with van der Waals surface area (Å²) in [6.45, 7) is -0.224. The van der Waals surface area contributed by atoms with Crippen LogP contribution in [0.5, 0.6) is 0 Å². The predicted octanol–water partition coefficient (Wildman–Crippen LogP) is 1.75. The van der Waals surface area contributed by atoms with Crippen molar-refractivity contribution in [3.8, 4) is 22.6 Å². The van der Waals surface area contributed by atoms with E-state index in [-0.39, 0.29) is 19.0 Å². The summed E-state index contributed by atoms with van der Waals surface area (Å²) in [6.07, 6.45) is 2.64. The minimum Gasteiger partial charge on any atom is -0.394 e. The molecule has 0 saturated carbocycles. The fourth-order valence-corrected chi connectivity index (χ4v) is 2.82. The minimum atomic E-state index is -0.914. The highest BCUT2D eigenvalue weighted by molar-refractivity contribution is 5.80. The summed E-state index contributed by atoms with van der Waals surface area (Å²) in [6, 6.07) is 11.7. The van der Waals surface area contributed by atoms with Crippen molar-refractivity contribution < 1.29 is 14.6 Å². The van der Waals surface area contributed by atoms with Gasteiger partial charge < -0.3 is 10.2 Å². The second kappa shape index (κ2) is 6.66. The third-order valence-corrected chi connectivity index (χ3v) is 4.04. The molecule has 0 aliphatic heterocycles. The molecule has 4 rings (SSSR count). The molecule has 132 valence electrons. The molecule has 3 heterocycles. The van der Waals surface area contributed by atoms with Crippen LogP contribution in [0.1, 0.15) is 0 Å². The molecular weight excluding hydrogens is 337 g/mol. The van der Waals surface area contributed by atoms with Gasteiger partial charge in [0, 0.05) is 11.8 Å². The van der Waals surface area contributed by atoms with Gasteiger partial charge in [-0.25, -0.2) is 14.1 Å². The van der Waals surface area contributed by atoms with Crippen LogP contribution in [-0.2, 0) is 6.54 Å². The molecule has 0 radical (unpaired) electrons. The average Bonchev–Trinajstić information content (AvgIpc) is 3.26. The van der Waals surface area contributed by atoms with Crippen LogP contribution in [-0.4, -0.2) is 47.3 Å². The predicted molar refractivity (Wildman–Crippen MR) is 92.7 cm³/mol. The first kappa shape index (κ1) is 16.4. The maximum Gasteiger partial charge on any atom is 0.137 e. The van der Waals surface area contributed by atoms with Crippen molar-refractivity contribution in [3.05, 3.63) is 60.7 Å². The Labute approximate surface area is 148 Å². The molecule has 0 bridgehead atoms. The molecule has 1 aromatic carbocycles. The maximum atomic E-state index is 13.3. The molecule has 0 amide bonds. The van der Waals surface area contributed by atoms with E-state index in [9.17, 15) is 9.50 Å². The molecule has 1 atom stereocenters. The molecule has 0 aliphatic carbocycles. The van der Waals surface area contributed by atoms with Gasteiger partial charge in [0.25, 0.3) is 0 Å². The van der Waals surface area contributed by atoms with Crippen LogP contribution in [0.4, 0.5) is 4.39 Å². The first-order valence-corrected chi connectivity index (χ1v) is 8.08. The van der Waals surface area contributed by atoms with Crippen LogP contribution in [0.25, 0.3) is 28.3 Å². The average molecular weight is 353 g/mol. The number of aliphatic hydroxyl groups is 2. The lowest BCUT2D eigenvalue weighted by atomic mass is 10.1. The minimum absolute atomic E-state index is 0.131. The van der Waals surface area contributed by atoms with Gasteiger partial charge in [-0.2, -0.15) is 0 Å². The topological polar surface area (TPSA) is 88.5 Å². The number of hydrogen-bond donors (Lipinski definition) is 2. The van der Waals surface area contributed by atoms with Crippen molar-refractivity contribution in [3.63, 3.8) is 0 Å². The summed E-state index contributed by atoms with van der Waals surface area (Å²) in [4.78, 5) is 4.65. The van der Waals surface area contributed by atoms with E-state index in [1.54, 1.807) is 18.3 Å². The first-order chi connectivity index (χ1) is 12.7. The van der Waals surface area contributed by atoms with E-state index < -0.39 is 6.10 Å². The number of benzene rings is 1. The van der Waals surface area contributed by atoms with Crippen molar-refractivity contribution in [2.45, 2.75) is 12.6 Å². The summed E-state index contributed by atoms with van der Waals surface area (Å²) < 4.78 is 16.6. The molecule has 0 saturated heterocycles. The van der Waals surface area contributed by atoms with Gasteiger partial charge >= 0.3 is 0 Å². The highest BCUT2D eigenvalue weighted by Crippen LogP contribution is 2.31. The second-order valence-electron chi connectivity index (χ2n) is 5.91. The SMILES string of the molecule is OC[C@H](O)Cn1cc(-c2c(-c3ccc(F)cc3)nc3ccccn23)nn1. The van der Waals surface area contributed by atoms with Crippen LogP contribution >= 0.6 is 0 Å². The van der Waals surface area contributed by atoms with Crippen LogP contribution in [0.15, 0.2) is 54.9 Å². The fourth-order valence-electron chi connectivity index (χ4n) is 2.82. The first-order valence-electron chi connectivity index (χ1n) is 8.08. The largest absolute Gasteiger partial charge is 0.394 e. The number of aromatic nitrogens is 5. The Bertz CT molecular complexity index is 1040. The smallest absolute Gasteiger partial charge is 0.137 e. The van der Waals surface area contributed by atoms with Crippen molar-refractivity contribution in [2.75, 3.05) is 6.61 Å². The van der Waals surface area contributed by atoms with Gasteiger partial charge in [0.05, 0.1) is 31.1 Å². The third-order valence-electron chi connectivity index (χ3n) is 4.04. The molecule has 3 aromatic heterocycles. The molecular formula is C18H16FN5O2. The van der Waals surface area contributed by atoms with Crippen molar-refractivity contribution >= 4 is 5.65 Å². The van der Waals surface area contributed by atoms with Crippen molar-refractivity contribution in [1.82, 2.24) is 24.4 Å². The van der Waals surface area contributed by atoms with Crippen molar-refractivity contribution in [1.29, 1.82) is 0 Å². The fraction of sp³-hybridized carbons (Fsp3) is 0.167. The van der Waals surface area contributed by atoms with Crippen molar-refractivity contribution in [2.24, 2.45) is 0 Å². The molecule has 8 heteroatoms. The van der Waals surface area contributed by atoms with Gasteiger partial charge in [0.2, 0.25) is 0 Å². The van der Waals surface area contributed by atoms with Gasteiger partial charge in [-0.1, -0.05) is 11.3 Å². The lowest BCUT2D eigenvalue weighted by molar-refractivity contribution is 0.0778. The second-order valence-corrected chi connectivity index (χ2v) is 5.91. The van der Waals surface area contributed by atoms with Crippen LogP contribution in [0, 0.1) is 5.82 Å². The number of rotatable bonds is 5. The summed E-state index contributed by atoms with van der Waals surface area (Å²) in [5.74, 6) is -0.317. The van der Waals surface area contributed by atoms with E-state index in [0.717, 1.165) is 16.9 Å². The quantitative estimate of drug-likeness (QED) is 0.571. The molecule has 0 unspecified atom stereocenters. The zero-order valence-corrected chi connectivity index (χ0v) is 13.7. The number of fused-ring (bicyclic) bond motifs is 1. The Morgan fingerprint density at radius 1 is 1.12 bits per heavy atom. The number of aliphatic hydroxyl groups excluding tert-OH is 2. The van der Waals surface area contributed by atoms with Crippen LogP contribution in [0.2, 0.25) is 0 Å². The lowest BCUT2D eigenvalue weighted by Gasteiger charge is -2.05. The lowest BCUT2D eigenvalue weighted by Crippen LogP contribution is -2.20. The highest BCUT2D eigenvalue weighted by Gasteiger charge is 2.19. The number of imidazole rings is 1. The Morgan fingerprint density at radius 2 is 1.92 bits per heavy atom. The van der Waals surface area contributed by atoms with E-state index in [1.807, 2.05) is 28.8 Å². The number of pyridine rings is 1. The highest BCUT2D eigenvalue weighted by atomic mass is 19.1. The Morgan fingerprint density at radius 3 is 2.69 bits per heavy atom. The Kier molecular flexibility index (Phi) is 4.19. The zero-order valence-electron chi connectivity index (χ0n) is 13.7. The molecule has 7 nitrogen and oxygen atoms in total. The van der Waals surface area contributed by atoms with E-state index >= 15 is 0 Å². The molecule has 2 N–H and O–H groups in total. The summed E-state index contributed by atoms with van der Waals surface area (Å²) in [5.41, 5.74) is 3.43. The molecule has 0 aliphatic rings. The standard InChI is InChI=1S/C18H16FN5O2/c19-13-6-4-12(5-7-13)17-18(24-8-2-1-3-16(24)20-17)15-10-23(22-21-15)9-14(26)11-25/h1-8,10,14,25-26H,9,11H2/t14-/m1/s1. The van der Waals surface area contributed by atoms with Crippen LogP contribution in [0.3, 0.4) is 0 Å². The number of halogens is 1. The van der Waals surface area contributed by atoms with E-state index in [0.29, 0.717) is 11.4 Å². The third kappa shape index (κ3) is 2.96. The maximum absolute atomic E-state index is 13.3. The molecule has 4 aromatic rings. The van der Waals surface area contributed by atoms with E-state index in [4.69, 9.17) is 5.11 Å². The van der Waals surface area contributed by atoms with Gasteiger partial charge in [0.15, 0.2) is 0 Å². The monoisotopic (exact) mass is 353 g/mol. The van der Waals surface area contributed by atoms with Crippen LogP contribution < -0.4 is 0 Å². The van der Waals surface area contributed by atoms with Gasteiger partial charge in [-0.15, -0.1) is 5.10 Å². The normalized spacial score (nSPS) is 12.6. The number of hydrogen-bond acceptors (Lipinski definition) is 5. The van der Waals surface area contributed by atoms with E-state index in [1.165, 1.54) is 16.8 Å². The summed E-state index contributed by atoms with van der Waals surface area (Å²) in [7, 11) is 0. The Balaban J connectivity index is 1.85. The molecule has 0 fully saturated rings. The van der Waals surface area contributed by atoms with Gasteiger partial charge in [-0.3, -0.25) is 4.40 Å². The molecule has 0 spiro atoms. The van der Waals surface area contributed by atoms with Gasteiger partial charge in [-0.05, 0) is 36.4 Å². The van der Waals surface area contributed by atoms with Gasteiger partial charge in [0.1, 0.15) is 22.9 Å². The van der Waals surface area contributed by atoms with E-state index in [2.05, 4.69) is 15.3 Å². The Hall–Kier alpha value is -3.10. The summed E-state index contributed by atoms with van der Waals surface area (Å²) >= 11 is 0. The molecule has 26 heavy (non-hydrogen) atoms. The zero-order chi connectivity index (χ0) is 18.1.